The lowest BCUT2D eigenvalue weighted by atomic mass is 10.1. The number of hydrogen-bond donors (Lipinski definition) is 3. The number of nitrogens with one attached hydrogen (secondary N) is 2. The van der Waals surface area contributed by atoms with Crippen molar-refractivity contribution in [3.8, 4) is 0 Å². The zero-order chi connectivity index (χ0) is 15.1. The number of aromatic carboxylic acids is 1. The molecule has 21 heavy (non-hydrogen) atoms. The maximum Gasteiger partial charge on any atom is 0.335 e. The lowest BCUT2D eigenvalue weighted by molar-refractivity contribution is 0.0697. The van der Waals surface area contributed by atoms with Crippen molar-refractivity contribution in [1.29, 1.82) is 0 Å². The van der Waals surface area contributed by atoms with E-state index in [2.05, 4.69) is 25.3 Å². The Labute approximate surface area is 120 Å². The van der Waals surface area contributed by atoms with Gasteiger partial charge in [0.25, 0.3) is 0 Å². The summed E-state index contributed by atoms with van der Waals surface area (Å²) in [5, 5.41) is 17.7. The lowest BCUT2D eigenvalue weighted by Gasteiger charge is -2.07. The van der Waals surface area contributed by atoms with Gasteiger partial charge in [-0.15, -0.1) is 0 Å². The molecule has 0 bridgehead atoms. The smallest absolute Gasteiger partial charge is 0.335 e. The molecular weight excluding hydrogens is 276 g/mol. The van der Waals surface area contributed by atoms with Crippen molar-refractivity contribution < 1.29 is 19.2 Å². The topological polar surface area (TPSA) is 117 Å². The van der Waals surface area contributed by atoms with Crippen LogP contribution in [0.4, 0.5) is 4.79 Å². The minimum atomic E-state index is -0.978. The van der Waals surface area contributed by atoms with Crippen LogP contribution in [0.3, 0.4) is 0 Å². The molecule has 110 valence electrons. The molecule has 8 heteroatoms. The molecule has 0 saturated heterocycles. The zero-order valence-corrected chi connectivity index (χ0v) is 11.1. The van der Waals surface area contributed by atoms with Gasteiger partial charge in [0.2, 0.25) is 6.39 Å². The Morgan fingerprint density at radius 1 is 1.19 bits per heavy atom. The second-order valence-corrected chi connectivity index (χ2v) is 4.21. The van der Waals surface area contributed by atoms with Crippen LogP contribution in [-0.2, 0) is 13.0 Å². The number of carbonyl (C=O) groups is 2. The second kappa shape index (κ2) is 7.04. The van der Waals surface area contributed by atoms with Crippen LogP contribution >= 0.6 is 0 Å². The Balaban J connectivity index is 1.69. The minimum absolute atomic E-state index is 0.211. The molecule has 1 heterocycles. The molecule has 1 aromatic carbocycles. The van der Waals surface area contributed by atoms with Crippen molar-refractivity contribution in [1.82, 2.24) is 20.8 Å². The largest absolute Gasteiger partial charge is 0.478 e. The van der Waals surface area contributed by atoms with Crippen LogP contribution in [-0.4, -0.2) is 33.8 Å². The van der Waals surface area contributed by atoms with E-state index in [0.29, 0.717) is 25.3 Å². The van der Waals surface area contributed by atoms with Crippen LogP contribution in [0, 0.1) is 0 Å². The third kappa shape index (κ3) is 4.60. The van der Waals surface area contributed by atoms with Crippen molar-refractivity contribution in [3.05, 3.63) is 47.6 Å². The van der Waals surface area contributed by atoms with Crippen molar-refractivity contribution in [2.75, 3.05) is 6.54 Å². The number of hydrogen-bond acceptors (Lipinski definition) is 5. The fraction of sp³-hybridized carbons (Fsp3) is 0.231. The summed E-state index contributed by atoms with van der Waals surface area (Å²) in [4.78, 5) is 26.1. The van der Waals surface area contributed by atoms with E-state index < -0.39 is 5.97 Å². The Hall–Kier alpha value is -2.90. The van der Waals surface area contributed by atoms with Crippen molar-refractivity contribution in [3.63, 3.8) is 0 Å². The zero-order valence-electron chi connectivity index (χ0n) is 11.1. The molecule has 0 aliphatic heterocycles. The lowest BCUT2D eigenvalue weighted by Crippen LogP contribution is -2.36. The summed E-state index contributed by atoms with van der Waals surface area (Å²) < 4.78 is 4.57. The van der Waals surface area contributed by atoms with Gasteiger partial charge in [-0.1, -0.05) is 17.3 Å². The molecule has 0 atom stereocenters. The summed E-state index contributed by atoms with van der Waals surface area (Å²) in [5.74, 6) is -0.451. The van der Waals surface area contributed by atoms with Gasteiger partial charge in [-0.25, -0.2) is 9.59 Å². The van der Waals surface area contributed by atoms with Gasteiger partial charge in [-0.05, 0) is 17.7 Å². The van der Waals surface area contributed by atoms with Crippen molar-refractivity contribution in [2.45, 2.75) is 13.0 Å². The van der Waals surface area contributed by atoms with Crippen LogP contribution in [0.25, 0.3) is 0 Å². The summed E-state index contributed by atoms with van der Waals surface area (Å²) in [6, 6.07) is 5.98. The Bertz CT molecular complexity index is 595. The first-order valence-corrected chi connectivity index (χ1v) is 6.24. The highest BCUT2D eigenvalue weighted by atomic mass is 16.5. The molecule has 1 aromatic heterocycles. The molecule has 0 radical (unpaired) electrons. The predicted molar refractivity (Wildman–Crippen MR) is 71.6 cm³/mol. The second-order valence-electron chi connectivity index (χ2n) is 4.21. The van der Waals surface area contributed by atoms with Crippen molar-refractivity contribution in [2.24, 2.45) is 0 Å². The summed E-state index contributed by atoms with van der Waals surface area (Å²) in [7, 11) is 0. The maximum atomic E-state index is 11.5. The molecular formula is C13H14N4O4. The normalized spacial score (nSPS) is 10.1. The SMILES string of the molecule is O=C(NCCc1ncon1)NCc1ccc(C(=O)O)cc1. The number of rotatable bonds is 6. The number of urea groups is 1. The number of benzene rings is 1. The molecule has 8 nitrogen and oxygen atoms in total. The average Bonchev–Trinajstić information content (AvgIpc) is 2.99. The van der Waals surface area contributed by atoms with Gasteiger partial charge in [0.15, 0.2) is 5.82 Å². The molecule has 0 spiro atoms. The van der Waals surface area contributed by atoms with Crippen LogP contribution in [0.5, 0.6) is 0 Å². The summed E-state index contributed by atoms with van der Waals surface area (Å²) in [6.07, 6.45) is 1.72. The van der Waals surface area contributed by atoms with E-state index in [4.69, 9.17) is 5.11 Å². The molecule has 0 aliphatic rings. The van der Waals surface area contributed by atoms with Gasteiger partial charge in [0, 0.05) is 19.5 Å². The van der Waals surface area contributed by atoms with E-state index >= 15 is 0 Å². The van der Waals surface area contributed by atoms with Gasteiger partial charge in [0.05, 0.1) is 5.56 Å². The van der Waals surface area contributed by atoms with Crippen LogP contribution < -0.4 is 10.6 Å². The van der Waals surface area contributed by atoms with E-state index in [1.807, 2.05) is 0 Å². The molecule has 2 amide bonds. The Morgan fingerprint density at radius 2 is 1.95 bits per heavy atom. The van der Waals surface area contributed by atoms with E-state index in [0.717, 1.165) is 5.56 Å². The molecule has 0 aliphatic carbocycles. The quantitative estimate of drug-likeness (QED) is 0.724. The number of aromatic nitrogens is 2. The van der Waals surface area contributed by atoms with Gasteiger partial charge in [-0.3, -0.25) is 0 Å². The molecule has 0 saturated carbocycles. The van der Waals surface area contributed by atoms with E-state index in [9.17, 15) is 9.59 Å². The molecule has 2 aromatic rings. The molecule has 2 rings (SSSR count). The van der Waals surface area contributed by atoms with Crippen LogP contribution in [0.2, 0.25) is 0 Å². The first-order chi connectivity index (χ1) is 10.1. The Morgan fingerprint density at radius 3 is 2.57 bits per heavy atom. The van der Waals surface area contributed by atoms with Crippen LogP contribution in [0.1, 0.15) is 21.7 Å². The monoisotopic (exact) mass is 290 g/mol. The average molecular weight is 290 g/mol. The number of carbonyl (C=O) groups excluding carboxylic acids is 1. The van der Waals surface area contributed by atoms with Gasteiger partial charge >= 0.3 is 12.0 Å². The van der Waals surface area contributed by atoms with Crippen molar-refractivity contribution >= 4 is 12.0 Å². The molecule has 3 N–H and O–H groups in total. The highest BCUT2D eigenvalue weighted by Gasteiger charge is 2.04. The van der Waals surface area contributed by atoms with Gasteiger partial charge in [0.1, 0.15) is 0 Å². The summed E-state index contributed by atoms with van der Waals surface area (Å²) in [5.41, 5.74) is 1.02. The fourth-order valence-electron chi connectivity index (χ4n) is 1.60. The first-order valence-electron chi connectivity index (χ1n) is 6.24. The Kier molecular flexibility index (Phi) is 4.86. The van der Waals surface area contributed by atoms with E-state index in [-0.39, 0.29) is 11.6 Å². The first kappa shape index (κ1) is 14.5. The summed E-state index contributed by atoms with van der Waals surface area (Å²) in [6.45, 7) is 0.706. The third-order valence-electron chi connectivity index (χ3n) is 2.70. The number of carboxylic acids is 1. The molecule has 0 fully saturated rings. The van der Waals surface area contributed by atoms with E-state index in [1.165, 1.54) is 18.5 Å². The van der Waals surface area contributed by atoms with E-state index in [1.54, 1.807) is 12.1 Å². The number of nitrogens with zero attached hydrogens (tertiary/aromatic N) is 2. The molecule has 0 unspecified atom stereocenters. The highest BCUT2D eigenvalue weighted by Crippen LogP contribution is 2.04. The van der Waals surface area contributed by atoms with Gasteiger partial charge < -0.3 is 20.3 Å². The maximum absolute atomic E-state index is 11.5. The van der Waals surface area contributed by atoms with Gasteiger partial charge in [-0.2, -0.15) is 4.98 Å². The van der Waals surface area contributed by atoms with Crippen LogP contribution in [0.15, 0.2) is 35.2 Å². The fourth-order valence-corrected chi connectivity index (χ4v) is 1.60. The minimum Gasteiger partial charge on any atom is -0.478 e. The standard InChI is InChI=1S/C13H14N4O4/c18-12(19)10-3-1-9(2-4-10)7-15-13(20)14-6-5-11-16-8-21-17-11/h1-4,8H,5-7H2,(H,18,19)(H2,14,15,20). The predicted octanol–water partition coefficient (Wildman–Crippen LogP) is 0.810. The third-order valence-corrected chi connectivity index (χ3v) is 2.70. The number of carboxylic acid groups (broad SMARTS) is 1. The highest BCUT2D eigenvalue weighted by molar-refractivity contribution is 5.87. The summed E-state index contributed by atoms with van der Waals surface area (Å²) >= 11 is 0. The number of amides is 2.